The Kier molecular flexibility index (Phi) is 5.22. The number of ether oxygens (including phenoxy) is 1. The molecule has 3 rings (SSSR count). The number of benzene rings is 2. The Morgan fingerprint density at radius 2 is 1.92 bits per heavy atom. The van der Waals surface area contributed by atoms with Gasteiger partial charge in [0.2, 0.25) is 17.5 Å². The quantitative estimate of drug-likeness (QED) is 0.678. The normalized spacial score (nSPS) is 11.6. The van der Waals surface area contributed by atoms with Crippen molar-refractivity contribution >= 4 is 17.5 Å². The van der Waals surface area contributed by atoms with Crippen LogP contribution in [0.1, 0.15) is 30.1 Å². The highest BCUT2D eigenvalue weighted by Gasteiger charge is 2.16. The van der Waals surface area contributed by atoms with Gasteiger partial charge in [-0.2, -0.15) is 10.2 Å². The maximum atomic E-state index is 9.26. The fourth-order valence-electron chi connectivity index (χ4n) is 2.30. The monoisotopic (exact) mass is 353 g/mol. The minimum absolute atomic E-state index is 0.0220. The van der Waals surface area contributed by atoms with Crippen molar-refractivity contribution in [3.8, 4) is 11.8 Å². The summed E-state index contributed by atoms with van der Waals surface area (Å²) in [6.45, 7) is 2.11. The van der Waals surface area contributed by atoms with E-state index in [0.29, 0.717) is 22.5 Å². The molecule has 1 atom stereocenters. The number of nitrogens with one attached hydrogen (secondary N) is 1. The molecule has 0 bridgehead atoms. The van der Waals surface area contributed by atoms with Crippen molar-refractivity contribution in [2.75, 3.05) is 5.32 Å². The number of rotatable bonds is 6. The molecule has 0 amide bonds. The Bertz CT molecular complexity index is 870. The van der Waals surface area contributed by atoms with Gasteiger partial charge in [0.25, 0.3) is 0 Å². The van der Waals surface area contributed by atoms with Gasteiger partial charge in [0.1, 0.15) is 11.8 Å². The van der Waals surface area contributed by atoms with Gasteiger partial charge in [-0.1, -0.05) is 41.9 Å². The minimum Gasteiger partial charge on any atom is -0.484 e. The third kappa shape index (κ3) is 4.31. The Labute approximate surface area is 150 Å². The smallest absolute Gasteiger partial charge is 0.236 e. The van der Waals surface area contributed by atoms with E-state index in [1.807, 2.05) is 43.3 Å². The van der Waals surface area contributed by atoms with Gasteiger partial charge in [0.05, 0.1) is 6.04 Å². The zero-order chi connectivity index (χ0) is 17.6. The molecule has 0 unspecified atom stereocenters. The lowest BCUT2D eigenvalue weighted by Crippen LogP contribution is -2.06. The third-order valence-corrected chi connectivity index (χ3v) is 3.85. The minimum atomic E-state index is -0.0220. The molecule has 0 aliphatic heterocycles. The molecule has 0 aliphatic carbocycles. The highest BCUT2D eigenvalue weighted by atomic mass is 35.5. The number of anilines is 1. The van der Waals surface area contributed by atoms with Crippen LogP contribution in [0.4, 0.5) is 5.88 Å². The first-order valence-corrected chi connectivity index (χ1v) is 8.13. The van der Waals surface area contributed by atoms with Gasteiger partial charge in [-0.25, -0.2) is 0 Å². The Hall–Kier alpha value is -2.97. The van der Waals surface area contributed by atoms with Gasteiger partial charge < -0.3 is 14.5 Å². The molecule has 126 valence electrons. The van der Waals surface area contributed by atoms with Crippen LogP contribution in [0.3, 0.4) is 0 Å². The van der Waals surface area contributed by atoms with Crippen LogP contribution >= 0.6 is 11.6 Å². The van der Waals surface area contributed by atoms with E-state index in [1.165, 1.54) is 0 Å². The number of aromatic nitrogens is 1. The third-order valence-electron chi connectivity index (χ3n) is 3.60. The lowest BCUT2D eigenvalue weighted by Gasteiger charge is -2.13. The Morgan fingerprint density at radius 1 is 1.20 bits per heavy atom. The Morgan fingerprint density at radius 3 is 2.60 bits per heavy atom. The van der Waals surface area contributed by atoms with Crippen LogP contribution in [0, 0.1) is 11.3 Å². The molecule has 0 aliphatic rings. The van der Waals surface area contributed by atoms with E-state index in [0.717, 1.165) is 5.56 Å². The first-order chi connectivity index (χ1) is 12.2. The fraction of sp³-hybridized carbons (Fsp3) is 0.158. The van der Waals surface area contributed by atoms with Crippen molar-refractivity contribution in [2.24, 2.45) is 0 Å². The van der Waals surface area contributed by atoms with Gasteiger partial charge in [-0.15, -0.1) is 0 Å². The summed E-state index contributed by atoms with van der Waals surface area (Å²) in [6, 6.07) is 18.9. The highest BCUT2D eigenvalue weighted by molar-refractivity contribution is 6.30. The van der Waals surface area contributed by atoms with Gasteiger partial charge in [-0.3, -0.25) is 0 Å². The number of hydrogen-bond donors (Lipinski definition) is 1. The van der Waals surface area contributed by atoms with Crippen LogP contribution in [0.5, 0.6) is 5.75 Å². The molecular weight excluding hydrogens is 338 g/mol. The molecule has 2 aromatic carbocycles. The van der Waals surface area contributed by atoms with Crippen molar-refractivity contribution in [1.29, 1.82) is 5.26 Å². The number of hydrogen-bond acceptors (Lipinski definition) is 5. The molecule has 1 heterocycles. The zero-order valence-corrected chi connectivity index (χ0v) is 14.3. The van der Waals surface area contributed by atoms with Gasteiger partial charge in [-0.05, 0) is 36.8 Å². The van der Waals surface area contributed by atoms with E-state index in [4.69, 9.17) is 20.8 Å². The van der Waals surface area contributed by atoms with E-state index in [9.17, 15) is 5.26 Å². The average molecular weight is 354 g/mol. The molecule has 6 heteroatoms. The molecule has 0 radical (unpaired) electrons. The second-order valence-corrected chi connectivity index (χ2v) is 5.85. The summed E-state index contributed by atoms with van der Waals surface area (Å²) in [7, 11) is 0. The van der Waals surface area contributed by atoms with Crippen molar-refractivity contribution in [1.82, 2.24) is 4.98 Å². The summed E-state index contributed by atoms with van der Waals surface area (Å²) in [6.07, 6.45) is 0. The van der Waals surface area contributed by atoms with Crippen molar-refractivity contribution in [2.45, 2.75) is 19.6 Å². The van der Waals surface area contributed by atoms with E-state index in [2.05, 4.69) is 10.3 Å². The first kappa shape index (κ1) is 16.9. The number of nitriles is 1. The maximum absolute atomic E-state index is 9.26. The second kappa shape index (κ2) is 7.73. The SMILES string of the molecule is C[C@H](Nc1oc(COc2ccc(Cl)cc2)nc1C#N)c1ccccc1. The lowest BCUT2D eigenvalue weighted by atomic mass is 10.1. The van der Waals surface area contributed by atoms with E-state index >= 15 is 0 Å². The van der Waals surface area contributed by atoms with Crippen molar-refractivity contribution in [3.63, 3.8) is 0 Å². The summed E-state index contributed by atoms with van der Waals surface area (Å²) in [4.78, 5) is 4.17. The van der Waals surface area contributed by atoms with Crippen LogP contribution in [-0.2, 0) is 6.61 Å². The summed E-state index contributed by atoms with van der Waals surface area (Å²) in [5, 5.41) is 13.1. The van der Waals surface area contributed by atoms with Crippen molar-refractivity contribution in [3.05, 3.63) is 76.8 Å². The first-order valence-electron chi connectivity index (χ1n) is 7.75. The summed E-state index contributed by atoms with van der Waals surface area (Å²) < 4.78 is 11.2. The molecule has 3 aromatic rings. The van der Waals surface area contributed by atoms with Crippen LogP contribution in [0.2, 0.25) is 5.02 Å². The molecular formula is C19H16ClN3O2. The molecule has 1 aromatic heterocycles. The summed E-state index contributed by atoms with van der Waals surface area (Å²) >= 11 is 5.84. The second-order valence-electron chi connectivity index (χ2n) is 5.42. The molecule has 1 N–H and O–H groups in total. The van der Waals surface area contributed by atoms with E-state index in [-0.39, 0.29) is 18.3 Å². The molecule has 0 fully saturated rings. The average Bonchev–Trinajstić information content (AvgIpc) is 3.04. The van der Waals surface area contributed by atoms with Gasteiger partial charge in [0.15, 0.2) is 6.61 Å². The molecule has 0 saturated carbocycles. The number of nitrogens with zero attached hydrogens (tertiary/aromatic N) is 2. The lowest BCUT2D eigenvalue weighted by molar-refractivity contribution is 0.264. The number of oxazole rings is 1. The molecule has 0 saturated heterocycles. The maximum Gasteiger partial charge on any atom is 0.236 e. The van der Waals surface area contributed by atoms with Crippen LogP contribution in [0.15, 0.2) is 59.0 Å². The largest absolute Gasteiger partial charge is 0.484 e. The topological polar surface area (TPSA) is 71.1 Å². The predicted octanol–water partition coefficient (Wildman–Crippen LogP) is 4.95. The Balaban J connectivity index is 1.69. The number of halogens is 1. The highest BCUT2D eigenvalue weighted by Crippen LogP contribution is 2.24. The van der Waals surface area contributed by atoms with Crippen LogP contribution < -0.4 is 10.1 Å². The van der Waals surface area contributed by atoms with Crippen molar-refractivity contribution < 1.29 is 9.15 Å². The predicted molar refractivity (Wildman–Crippen MR) is 95.5 cm³/mol. The molecule has 25 heavy (non-hydrogen) atoms. The van der Waals surface area contributed by atoms with Gasteiger partial charge >= 0.3 is 0 Å². The van der Waals surface area contributed by atoms with Crippen LogP contribution in [0.25, 0.3) is 0 Å². The summed E-state index contributed by atoms with van der Waals surface area (Å²) in [5.74, 6) is 1.32. The fourth-order valence-corrected chi connectivity index (χ4v) is 2.42. The molecule has 5 nitrogen and oxygen atoms in total. The molecule has 0 spiro atoms. The van der Waals surface area contributed by atoms with E-state index < -0.39 is 0 Å². The zero-order valence-electron chi connectivity index (χ0n) is 13.6. The van der Waals surface area contributed by atoms with E-state index in [1.54, 1.807) is 24.3 Å². The summed E-state index contributed by atoms with van der Waals surface area (Å²) in [5.41, 5.74) is 1.29. The van der Waals surface area contributed by atoms with Gasteiger partial charge in [0, 0.05) is 5.02 Å². The van der Waals surface area contributed by atoms with Crippen LogP contribution in [-0.4, -0.2) is 4.98 Å². The standard InChI is InChI=1S/C19H16ClN3O2/c1-13(14-5-3-2-4-6-14)22-19-17(11-21)23-18(25-19)12-24-16-9-7-15(20)8-10-16/h2-10,13,22H,12H2,1H3/t13-/m0/s1.